The molecule has 0 fully saturated rings. The summed E-state index contributed by atoms with van der Waals surface area (Å²) in [7, 11) is 0. The number of aromatic amines is 1. The predicted octanol–water partition coefficient (Wildman–Crippen LogP) is 1.62. The quantitative estimate of drug-likeness (QED) is 0.852. The smallest absolute Gasteiger partial charge is 0.254 e. The van der Waals surface area contributed by atoms with Gasteiger partial charge in [-0.2, -0.15) is 5.10 Å². The zero-order chi connectivity index (χ0) is 12.3. The van der Waals surface area contributed by atoms with E-state index in [1.54, 1.807) is 0 Å². The molecule has 0 saturated carbocycles. The van der Waals surface area contributed by atoms with Gasteiger partial charge in [-0.1, -0.05) is 0 Å². The molecule has 1 aromatic carbocycles. The predicted molar refractivity (Wildman–Crippen MR) is 56.1 cm³/mol. The fraction of sp³-hybridized carbons (Fsp3) is 0.0909. The number of hydrogen-bond donors (Lipinski definition) is 2. The lowest BCUT2D eigenvalue weighted by molar-refractivity contribution is 0.0950. The Morgan fingerprint density at radius 3 is 2.94 bits per heavy atom. The number of benzene rings is 1. The molecule has 4 nitrogen and oxygen atoms in total. The van der Waals surface area contributed by atoms with Crippen LogP contribution in [0.2, 0.25) is 0 Å². The fourth-order valence-corrected chi connectivity index (χ4v) is 1.33. The summed E-state index contributed by atoms with van der Waals surface area (Å²) in [6, 6.07) is 3.09. The minimum Gasteiger partial charge on any atom is -0.348 e. The van der Waals surface area contributed by atoms with Crippen molar-refractivity contribution in [3.05, 3.63) is 53.4 Å². The van der Waals surface area contributed by atoms with Gasteiger partial charge in [0.05, 0.1) is 11.8 Å². The Balaban J connectivity index is 2.03. The fourth-order valence-electron chi connectivity index (χ4n) is 1.33. The summed E-state index contributed by atoms with van der Waals surface area (Å²) in [5.41, 5.74) is 0.434. The van der Waals surface area contributed by atoms with Gasteiger partial charge in [-0.3, -0.25) is 9.89 Å². The number of halogens is 2. The average Bonchev–Trinajstić information content (AvgIpc) is 2.83. The molecule has 1 aromatic heterocycles. The third-order valence-electron chi connectivity index (χ3n) is 2.21. The molecule has 0 radical (unpaired) electrons. The number of carbonyl (C=O) groups is 1. The highest BCUT2D eigenvalue weighted by atomic mass is 19.1. The van der Waals surface area contributed by atoms with E-state index in [1.165, 1.54) is 12.4 Å². The number of H-pyrrole nitrogens is 1. The molecule has 0 aliphatic rings. The highest BCUT2D eigenvalue weighted by Gasteiger charge is 2.08. The van der Waals surface area contributed by atoms with Gasteiger partial charge in [0.2, 0.25) is 0 Å². The number of hydrogen-bond acceptors (Lipinski definition) is 2. The molecule has 17 heavy (non-hydrogen) atoms. The topological polar surface area (TPSA) is 57.8 Å². The maximum atomic E-state index is 13.2. The second-order valence-electron chi connectivity index (χ2n) is 3.41. The number of nitrogens with one attached hydrogen (secondary N) is 2. The van der Waals surface area contributed by atoms with Crippen molar-refractivity contribution < 1.29 is 13.6 Å². The Kier molecular flexibility index (Phi) is 3.13. The first-order chi connectivity index (χ1) is 8.16. The number of aromatic nitrogens is 2. The first-order valence-corrected chi connectivity index (χ1v) is 4.88. The van der Waals surface area contributed by atoms with Crippen LogP contribution in [-0.2, 0) is 6.54 Å². The summed E-state index contributed by atoms with van der Waals surface area (Å²) in [5, 5.41) is 8.56. The van der Waals surface area contributed by atoms with E-state index in [0.29, 0.717) is 5.56 Å². The van der Waals surface area contributed by atoms with Crippen molar-refractivity contribution in [3.63, 3.8) is 0 Å². The Hall–Kier alpha value is -2.24. The molecule has 0 saturated heterocycles. The van der Waals surface area contributed by atoms with Gasteiger partial charge in [0.15, 0.2) is 0 Å². The second-order valence-corrected chi connectivity index (χ2v) is 3.41. The molecule has 1 heterocycles. The van der Waals surface area contributed by atoms with E-state index >= 15 is 0 Å². The van der Waals surface area contributed by atoms with Crippen LogP contribution in [0.3, 0.4) is 0 Å². The Morgan fingerprint density at radius 2 is 2.24 bits per heavy atom. The SMILES string of the molecule is O=C(NCc1cc(F)ccc1F)c1cn[nH]c1. The lowest BCUT2D eigenvalue weighted by atomic mass is 10.2. The summed E-state index contributed by atoms with van der Waals surface area (Å²) in [4.78, 5) is 11.5. The molecule has 0 aliphatic heterocycles. The largest absolute Gasteiger partial charge is 0.348 e. The number of carbonyl (C=O) groups excluding carboxylic acids is 1. The third kappa shape index (κ3) is 2.66. The van der Waals surface area contributed by atoms with E-state index < -0.39 is 17.5 Å². The molecule has 2 aromatic rings. The van der Waals surface area contributed by atoms with Crippen molar-refractivity contribution in [2.45, 2.75) is 6.54 Å². The first-order valence-electron chi connectivity index (χ1n) is 4.88. The van der Waals surface area contributed by atoms with Crippen LogP contribution in [0.15, 0.2) is 30.6 Å². The highest BCUT2D eigenvalue weighted by Crippen LogP contribution is 2.09. The van der Waals surface area contributed by atoms with Crippen LogP contribution in [-0.4, -0.2) is 16.1 Å². The van der Waals surface area contributed by atoms with Gasteiger partial charge in [-0.15, -0.1) is 0 Å². The number of nitrogens with zero attached hydrogens (tertiary/aromatic N) is 1. The van der Waals surface area contributed by atoms with Crippen LogP contribution >= 0.6 is 0 Å². The molecular weight excluding hydrogens is 228 g/mol. The zero-order valence-electron chi connectivity index (χ0n) is 8.71. The first kappa shape index (κ1) is 11.3. The van der Waals surface area contributed by atoms with Crippen molar-refractivity contribution >= 4 is 5.91 Å². The van der Waals surface area contributed by atoms with Crippen LogP contribution < -0.4 is 5.32 Å². The van der Waals surface area contributed by atoms with E-state index in [2.05, 4.69) is 15.5 Å². The lowest BCUT2D eigenvalue weighted by Crippen LogP contribution is -2.22. The highest BCUT2D eigenvalue weighted by molar-refractivity contribution is 5.93. The molecule has 0 unspecified atom stereocenters. The van der Waals surface area contributed by atoms with Crippen LogP contribution in [0.25, 0.3) is 0 Å². The lowest BCUT2D eigenvalue weighted by Gasteiger charge is -2.05. The molecule has 0 atom stereocenters. The van der Waals surface area contributed by atoms with E-state index in [9.17, 15) is 13.6 Å². The number of rotatable bonds is 3. The molecule has 2 N–H and O–H groups in total. The summed E-state index contributed by atoms with van der Waals surface area (Å²) < 4.78 is 26.1. The van der Waals surface area contributed by atoms with Gasteiger partial charge in [0, 0.05) is 18.3 Å². The van der Waals surface area contributed by atoms with Crippen LogP contribution in [0.1, 0.15) is 15.9 Å². The molecule has 0 spiro atoms. The van der Waals surface area contributed by atoms with Gasteiger partial charge in [0.25, 0.3) is 5.91 Å². The third-order valence-corrected chi connectivity index (χ3v) is 2.21. The maximum Gasteiger partial charge on any atom is 0.254 e. The molecule has 0 bridgehead atoms. The molecule has 1 amide bonds. The number of amides is 1. The summed E-state index contributed by atoms with van der Waals surface area (Å²) in [5.74, 6) is -1.50. The van der Waals surface area contributed by atoms with Crippen molar-refractivity contribution in [2.75, 3.05) is 0 Å². The zero-order valence-corrected chi connectivity index (χ0v) is 8.71. The van der Waals surface area contributed by atoms with Crippen LogP contribution in [0.5, 0.6) is 0 Å². The Morgan fingerprint density at radius 1 is 1.41 bits per heavy atom. The van der Waals surface area contributed by atoms with Crippen LogP contribution in [0.4, 0.5) is 8.78 Å². The van der Waals surface area contributed by atoms with Crippen molar-refractivity contribution in [1.82, 2.24) is 15.5 Å². The summed E-state index contributed by atoms with van der Waals surface area (Å²) in [6.45, 7) is -0.0758. The molecule has 2 rings (SSSR count). The van der Waals surface area contributed by atoms with Crippen molar-refractivity contribution in [1.29, 1.82) is 0 Å². The van der Waals surface area contributed by atoms with Gasteiger partial charge < -0.3 is 5.32 Å². The van der Waals surface area contributed by atoms with E-state index in [-0.39, 0.29) is 12.1 Å². The minimum atomic E-state index is -0.557. The van der Waals surface area contributed by atoms with Gasteiger partial charge in [-0.05, 0) is 18.2 Å². The molecular formula is C11H9F2N3O. The average molecular weight is 237 g/mol. The second kappa shape index (κ2) is 4.73. The minimum absolute atomic E-state index is 0.0758. The molecule has 6 heteroatoms. The standard InChI is InChI=1S/C11H9F2N3O/c12-9-1-2-10(13)7(3-9)4-14-11(17)8-5-15-16-6-8/h1-3,5-6H,4H2,(H,14,17)(H,15,16). The normalized spacial score (nSPS) is 10.2. The Bertz CT molecular complexity index is 526. The monoisotopic (exact) mass is 237 g/mol. The maximum absolute atomic E-state index is 13.2. The van der Waals surface area contributed by atoms with E-state index in [4.69, 9.17) is 0 Å². The van der Waals surface area contributed by atoms with E-state index in [0.717, 1.165) is 18.2 Å². The van der Waals surface area contributed by atoms with Gasteiger partial charge >= 0.3 is 0 Å². The van der Waals surface area contributed by atoms with Crippen molar-refractivity contribution in [3.8, 4) is 0 Å². The Labute approximate surface area is 95.7 Å². The van der Waals surface area contributed by atoms with E-state index in [1.807, 2.05) is 0 Å². The molecule has 0 aliphatic carbocycles. The van der Waals surface area contributed by atoms with Gasteiger partial charge in [-0.25, -0.2) is 8.78 Å². The summed E-state index contributed by atoms with van der Waals surface area (Å²) in [6.07, 6.45) is 2.76. The summed E-state index contributed by atoms with van der Waals surface area (Å²) >= 11 is 0. The van der Waals surface area contributed by atoms with Crippen LogP contribution in [0, 0.1) is 11.6 Å². The van der Waals surface area contributed by atoms with Crippen molar-refractivity contribution in [2.24, 2.45) is 0 Å². The molecule has 88 valence electrons. The van der Waals surface area contributed by atoms with Gasteiger partial charge in [0.1, 0.15) is 11.6 Å².